The number of ether oxygens (including phenoxy) is 1. The van der Waals surface area contributed by atoms with Gasteiger partial charge < -0.3 is 13.8 Å². The highest BCUT2D eigenvalue weighted by atomic mass is 32.2. The van der Waals surface area contributed by atoms with Gasteiger partial charge in [0.15, 0.2) is 0 Å². The Morgan fingerprint density at radius 1 is 1.09 bits per heavy atom. The predicted molar refractivity (Wildman–Crippen MR) is 85.2 cm³/mol. The van der Waals surface area contributed by atoms with Crippen molar-refractivity contribution in [3.05, 3.63) is 0 Å². The molecule has 0 fully saturated rings. The Morgan fingerprint density at radius 2 is 1.59 bits per heavy atom. The largest absolute Gasteiger partial charge is 0.748 e. The monoisotopic (exact) mass is 337 g/mol. The van der Waals surface area contributed by atoms with Gasteiger partial charge in [-0.1, -0.05) is 20.8 Å². The standard InChI is InChI=1S/C15H31NO5S/c1-14(2,3)15(4,5)13(17)21-11-10-16(6,7)9-8-12-22(18,19)20/h8-12H2,1-7H3. The van der Waals surface area contributed by atoms with Crippen LogP contribution in [0.5, 0.6) is 0 Å². The smallest absolute Gasteiger partial charge is 0.312 e. The second-order valence-corrected chi connectivity index (χ2v) is 9.53. The molecule has 22 heavy (non-hydrogen) atoms. The Morgan fingerprint density at radius 3 is 2.00 bits per heavy atom. The quantitative estimate of drug-likeness (QED) is 0.382. The summed E-state index contributed by atoms with van der Waals surface area (Å²) in [6.45, 7) is 11.1. The van der Waals surface area contributed by atoms with E-state index in [1.54, 1.807) is 0 Å². The van der Waals surface area contributed by atoms with E-state index >= 15 is 0 Å². The van der Waals surface area contributed by atoms with Gasteiger partial charge in [0.2, 0.25) is 0 Å². The summed E-state index contributed by atoms with van der Waals surface area (Å²) in [4.78, 5) is 12.2. The van der Waals surface area contributed by atoms with E-state index in [0.29, 0.717) is 24.0 Å². The van der Waals surface area contributed by atoms with Crippen LogP contribution in [0.25, 0.3) is 0 Å². The molecule has 7 heteroatoms. The third-order valence-electron chi connectivity index (χ3n) is 4.47. The van der Waals surface area contributed by atoms with Gasteiger partial charge in [-0.3, -0.25) is 4.79 Å². The summed E-state index contributed by atoms with van der Waals surface area (Å²) in [7, 11) is -0.328. The minimum Gasteiger partial charge on any atom is -0.748 e. The number of carbonyl (C=O) groups excluding carboxylic acids is 1. The molecule has 0 bridgehead atoms. The molecule has 0 amide bonds. The van der Waals surface area contributed by atoms with E-state index in [4.69, 9.17) is 4.74 Å². The molecular formula is C15H31NO5S. The molecular weight excluding hydrogens is 306 g/mol. The maximum Gasteiger partial charge on any atom is 0.312 e. The van der Waals surface area contributed by atoms with Crippen molar-refractivity contribution >= 4 is 16.1 Å². The molecule has 0 aliphatic rings. The Bertz CT molecular complexity index is 475. The minimum absolute atomic E-state index is 0.197. The summed E-state index contributed by atoms with van der Waals surface area (Å²) in [5, 5.41) is 0. The fourth-order valence-electron chi connectivity index (χ4n) is 1.65. The maximum atomic E-state index is 12.2. The molecule has 0 rings (SSSR count). The number of carbonyl (C=O) groups is 1. The lowest BCUT2D eigenvalue weighted by atomic mass is 9.69. The molecule has 0 N–H and O–H groups in total. The van der Waals surface area contributed by atoms with E-state index in [1.165, 1.54) is 0 Å². The Kier molecular flexibility index (Phi) is 7.06. The van der Waals surface area contributed by atoms with Gasteiger partial charge in [0.25, 0.3) is 0 Å². The summed E-state index contributed by atoms with van der Waals surface area (Å²) < 4.78 is 37.7. The van der Waals surface area contributed by atoms with Gasteiger partial charge in [0.05, 0.1) is 36.2 Å². The number of quaternary nitrogens is 1. The van der Waals surface area contributed by atoms with Gasteiger partial charge in [-0.2, -0.15) is 0 Å². The van der Waals surface area contributed by atoms with Gasteiger partial charge >= 0.3 is 5.97 Å². The lowest BCUT2D eigenvalue weighted by Gasteiger charge is -2.36. The van der Waals surface area contributed by atoms with Gasteiger partial charge in [0, 0.05) is 12.2 Å². The number of rotatable bonds is 8. The molecule has 0 radical (unpaired) electrons. The molecule has 0 aliphatic heterocycles. The molecule has 132 valence electrons. The van der Waals surface area contributed by atoms with Crippen molar-refractivity contribution in [1.82, 2.24) is 0 Å². The SMILES string of the molecule is CC(C)(C)C(C)(C)C(=O)OCC[N+](C)(C)CCCS(=O)(=O)[O-]. The highest BCUT2D eigenvalue weighted by molar-refractivity contribution is 7.85. The van der Waals surface area contributed by atoms with E-state index in [-0.39, 0.29) is 23.7 Å². The Labute approximate surface area is 135 Å². The van der Waals surface area contributed by atoms with Crippen molar-refractivity contribution < 1.29 is 27.0 Å². The van der Waals surface area contributed by atoms with Crippen LogP contribution < -0.4 is 0 Å². The molecule has 0 aromatic rings. The summed E-state index contributed by atoms with van der Waals surface area (Å²) in [6.07, 6.45) is 0.306. The number of hydrogen-bond donors (Lipinski definition) is 0. The maximum absolute atomic E-state index is 12.2. The predicted octanol–water partition coefficient (Wildman–Crippen LogP) is 1.61. The summed E-state index contributed by atoms with van der Waals surface area (Å²) in [6, 6.07) is 0. The molecule has 0 atom stereocenters. The highest BCUT2D eigenvalue weighted by Crippen LogP contribution is 2.38. The molecule has 0 aliphatic carbocycles. The zero-order valence-electron chi connectivity index (χ0n) is 14.9. The molecule has 0 saturated carbocycles. The number of likely N-dealkylation sites (N-methyl/N-ethyl adjacent to an activating group) is 1. The van der Waals surface area contributed by atoms with Crippen LogP contribution in [0.3, 0.4) is 0 Å². The second-order valence-electron chi connectivity index (χ2n) is 8.01. The van der Waals surface area contributed by atoms with Gasteiger partial charge in [0.1, 0.15) is 13.2 Å². The first-order chi connectivity index (χ1) is 9.58. The van der Waals surface area contributed by atoms with E-state index in [1.807, 2.05) is 48.7 Å². The van der Waals surface area contributed by atoms with E-state index in [2.05, 4.69) is 0 Å². The average molecular weight is 337 g/mol. The lowest BCUT2D eigenvalue weighted by Crippen LogP contribution is -2.45. The van der Waals surface area contributed by atoms with Crippen molar-refractivity contribution in [1.29, 1.82) is 0 Å². The zero-order valence-corrected chi connectivity index (χ0v) is 15.7. The highest BCUT2D eigenvalue weighted by Gasteiger charge is 2.41. The third-order valence-corrected chi connectivity index (χ3v) is 5.26. The zero-order chi connectivity index (χ0) is 17.8. The van der Waals surface area contributed by atoms with Crippen LogP contribution in [0.1, 0.15) is 41.0 Å². The number of hydrogen-bond acceptors (Lipinski definition) is 5. The Hall–Kier alpha value is -0.660. The van der Waals surface area contributed by atoms with Crippen LogP contribution >= 0.6 is 0 Å². The van der Waals surface area contributed by atoms with Crippen LogP contribution in [0.4, 0.5) is 0 Å². The van der Waals surface area contributed by atoms with E-state index < -0.39 is 15.5 Å². The van der Waals surface area contributed by atoms with E-state index in [0.717, 1.165) is 0 Å². The number of esters is 1. The fourth-order valence-corrected chi connectivity index (χ4v) is 2.14. The molecule has 0 aromatic carbocycles. The van der Waals surface area contributed by atoms with Crippen molar-refractivity contribution in [2.75, 3.05) is 39.5 Å². The van der Waals surface area contributed by atoms with Crippen molar-refractivity contribution in [2.24, 2.45) is 10.8 Å². The average Bonchev–Trinajstić information content (AvgIpc) is 2.24. The van der Waals surface area contributed by atoms with Crippen LogP contribution in [-0.4, -0.2) is 63.0 Å². The third kappa shape index (κ3) is 7.56. The second kappa shape index (κ2) is 7.27. The normalized spacial score (nSPS) is 14.0. The Balaban J connectivity index is 4.31. The minimum atomic E-state index is -4.16. The molecule has 6 nitrogen and oxygen atoms in total. The van der Waals surface area contributed by atoms with Crippen molar-refractivity contribution in [3.63, 3.8) is 0 Å². The topological polar surface area (TPSA) is 83.5 Å². The van der Waals surface area contributed by atoms with Crippen molar-refractivity contribution in [3.8, 4) is 0 Å². The molecule has 0 unspecified atom stereocenters. The molecule has 0 saturated heterocycles. The molecule has 0 aromatic heterocycles. The van der Waals surface area contributed by atoms with Crippen LogP contribution in [-0.2, 0) is 19.6 Å². The summed E-state index contributed by atoms with van der Waals surface area (Å²) >= 11 is 0. The molecule has 0 heterocycles. The first-order valence-corrected chi connectivity index (χ1v) is 9.09. The summed E-state index contributed by atoms with van der Waals surface area (Å²) in [5.41, 5.74) is -0.780. The van der Waals surface area contributed by atoms with Crippen molar-refractivity contribution in [2.45, 2.75) is 41.0 Å². The number of nitrogens with zero attached hydrogens (tertiary/aromatic N) is 1. The summed E-state index contributed by atoms with van der Waals surface area (Å²) in [5.74, 6) is -0.590. The first-order valence-electron chi connectivity index (χ1n) is 7.51. The van der Waals surface area contributed by atoms with Gasteiger partial charge in [-0.05, 0) is 19.3 Å². The van der Waals surface area contributed by atoms with Crippen LogP contribution in [0, 0.1) is 10.8 Å². The fraction of sp³-hybridized carbons (Fsp3) is 0.933. The van der Waals surface area contributed by atoms with Gasteiger partial charge in [-0.25, -0.2) is 8.42 Å². The van der Waals surface area contributed by atoms with E-state index in [9.17, 15) is 17.8 Å². The molecule has 0 spiro atoms. The first kappa shape index (κ1) is 21.3. The lowest BCUT2D eigenvalue weighted by molar-refractivity contribution is -0.890. The van der Waals surface area contributed by atoms with Crippen LogP contribution in [0.15, 0.2) is 0 Å². The van der Waals surface area contributed by atoms with Crippen LogP contribution in [0.2, 0.25) is 0 Å². The van der Waals surface area contributed by atoms with Gasteiger partial charge in [-0.15, -0.1) is 0 Å².